The van der Waals surface area contributed by atoms with Crippen LogP contribution in [-0.4, -0.2) is 27.7 Å². The average molecular weight is 509 g/mol. The van der Waals surface area contributed by atoms with E-state index < -0.39 is 24.2 Å². The van der Waals surface area contributed by atoms with Gasteiger partial charge in [0.25, 0.3) is 0 Å². The van der Waals surface area contributed by atoms with E-state index >= 15 is 0 Å². The van der Waals surface area contributed by atoms with Gasteiger partial charge >= 0.3 is 6.18 Å². The quantitative estimate of drug-likeness (QED) is 0.333. The van der Waals surface area contributed by atoms with Crippen LogP contribution in [0.4, 0.5) is 17.6 Å². The number of alkyl halides is 3. The van der Waals surface area contributed by atoms with Crippen LogP contribution in [0.5, 0.6) is 5.75 Å². The van der Waals surface area contributed by atoms with Gasteiger partial charge in [0, 0.05) is 9.86 Å². The first kappa shape index (κ1) is 22.3. The van der Waals surface area contributed by atoms with E-state index in [1.54, 1.807) is 19.1 Å². The number of aryl methyl sites for hydroxylation is 1. The van der Waals surface area contributed by atoms with Gasteiger partial charge < -0.3 is 9.84 Å². The zero-order chi connectivity index (χ0) is 23.1. The Bertz CT molecular complexity index is 1270. The van der Waals surface area contributed by atoms with Crippen molar-refractivity contribution in [3.8, 4) is 11.4 Å². The maximum Gasteiger partial charge on any atom is 0.424 e. The van der Waals surface area contributed by atoms with Crippen molar-refractivity contribution in [3.63, 3.8) is 0 Å². The molecule has 9 heteroatoms. The summed E-state index contributed by atoms with van der Waals surface area (Å²) in [5, 5.41) is 15.3. The molecule has 1 N–H and O–H groups in total. The maximum atomic E-state index is 14.0. The highest BCUT2D eigenvalue weighted by molar-refractivity contribution is 9.10. The van der Waals surface area contributed by atoms with Gasteiger partial charge in [-0.1, -0.05) is 22.0 Å². The zero-order valence-electron chi connectivity index (χ0n) is 16.7. The SMILES string of the molecule is Cc1cc(Br)ccc1OCC(O)(c1ccc2c(cnn2-c2ccc(F)cc2)c1)C(F)(F)F. The molecule has 0 fully saturated rings. The number of aliphatic hydroxyl groups is 1. The largest absolute Gasteiger partial charge is 0.490 e. The number of nitrogens with zero attached hydrogens (tertiary/aromatic N) is 2. The second-order valence-electron chi connectivity index (χ2n) is 7.36. The number of hydrogen-bond acceptors (Lipinski definition) is 3. The van der Waals surface area contributed by atoms with Gasteiger partial charge in [-0.3, -0.25) is 0 Å². The molecule has 0 bridgehead atoms. The van der Waals surface area contributed by atoms with Crippen LogP contribution in [0.15, 0.2) is 71.3 Å². The van der Waals surface area contributed by atoms with Gasteiger partial charge in [-0.25, -0.2) is 9.07 Å². The lowest BCUT2D eigenvalue weighted by molar-refractivity contribution is -0.275. The molecule has 1 heterocycles. The molecule has 4 rings (SSSR count). The normalized spacial score (nSPS) is 13.8. The number of benzene rings is 3. The summed E-state index contributed by atoms with van der Waals surface area (Å²) in [5.41, 5.74) is -1.92. The molecule has 0 aliphatic heterocycles. The van der Waals surface area contributed by atoms with Crippen molar-refractivity contribution < 1.29 is 27.4 Å². The molecule has 0 saturated carbocycles. The fourth-order valence-electron chi connectivity index (χ4n) is 3.36. The molecule has 3 aromatic carbocycles. The molecule has 32 heavy (non-hydrogen) atoms. The zero-order valence-corrected chi connectivity index (χ0v) is 18.3. The smallest absolute Gasteiger partial charge is 0.424 e. The molecule has 1 atom stereocenters. The first-order valence-electron chi connectivity index (χ1n) is 9.51. The van der Waals surface area contributed by atoms with Crippen molar-refractivity contribution in [2.24, 2.45) is 0 Å². The lowest BCUT2D eigenvalue weighted by Crippen LogP contribution is -2.47. The summed E-state index contributed by atoms with van der Waals surface area (Å²) < 4.78 is 62.7. The van der Waals surface area contributed by atoms with E-state index in [-0.39, 0.29) is 11.3 Å². The van der Waals surface area contributed by atoms with Crippen LogP contribution in [0.3, 0.4) is 0 Å². The van der Waals surface area contributed by atoms with Crippen molar-refractivity contribution in [2.45, 2.75) is 18.7 Å². The minimum Gasteiger partial charge on any atom is -0.490 e. The molecule has 0 saturated heterocycles. The van der Waals surface area contributed by atoms with Gasteiger partial charge in [0.05, 0.1) is 17.4 Å². The fraction of sp³-hybridized carbons (Fsp3) is 0.174. The number of rotatable bonds is 5. The summed E-state index contributed by atoms with van der Waals surface area (Å²) in [6.45, 7) is 0.680. The summed E-state index contributed by atoms with van der Waals surface area (Å²) in [4.78, 5) is 0. The third-order valence-electron chi connectivity index (χ3n) is 5.16. The van der Waals surface area contributed by atoms with Gasteiger partial charge in [0.2, 0.25) is 5.60 Å². The molecule has 1 aromatic heterocycles. The number of aromatic nitrogens is 2. The first-order chi connectivity index (χ1) is 15.1. The average Bonchev–Trinajstić information content (AvgIpc) is 3.16. The lowest BCUT2D eigenvalue weighted by atomic mass is 9.93. The Morgan fingerprint density at radius 2 is 1.75 bits per heavy atom. The standard InChI is InChI=1S/C23H17BrF4N2O2/c1-14-10-17(24)3-9-21(14)32-13-22(31,23(26,27)28)16-2-8-20-15(11-16)12-29-30(20)19-6-4-18(25)5-7-19/h2-12,31H,13H2,1H3. The minimum absolute atomic E-state index is 0.237. The van der Waals surface area contributed by atoms with Gasteiger partial charge in [0.1, 0.15) is 18.2 Å². The van der Waals surface area contributed by atoms with E-state index in [9.17, 15) is 22.7 Å². The number of halogens is 5. The van der Waals surface area contributed by atoms with Crippen LogP contribution in [0.2, 0.25) is 0 Å². The lowest BCUT2D eigenvalue weighted by Gasteiger charge is -2.31. The molecule has 166 valence electrons. The first-order valence-corrected chi connectivity index (χ1v) is 10.3. The Morgan fingerprint density at radius 3 is 2.41 bits per heavy atom. The van der Waals surface area contributed by atoms with Crippen molar-refractivity contribution in [1.29, 1.82) is 0 Å². The Balaban J connectivity index is 1.70. The molecule has 0 aliphatic carbocycles. The van der Waals surface area contributed by atoms with E-state index in [1.165, 1.54) is 59.4 Å². The van der Waals surface area contributed by atoms with Crippen LogP contribution in [0.25, 0.3) is 16.6 Å². The number of fused-ring (bicyclic) bond motifs is 1. The number of ether oxygens (including phenoxy) is 1. The Labute approximate surface area is 189 Å². The molecule has 0 spiro atoms. The van der Waals surface area contributed by atoms with Crippen LogP contribution < -0.4 is 4.74 Å². The van der Waals surface area contributed by atoms with Crippen molar-refractivity contribution in [2.75, 3.05) is 6.61 Å². The molecule has 0 radical (unpaired) electrons. The summed E-state index contributed by atoms with van der Waals surface area (Å²) in [6, 6.07) is 14.3. The van der Waals surface area contributed by atoms with Crippen LogP contribution >= 0.6 is 15.9 Å². The topological polar surface area (TPSA) is 47.3 Å². The molecule has 4 aromatic rings. The van der Waals surface area contributed by atoms with E-state index in [0.29, 0.717) is 22.2 Å². The van der Waals surface area contributed by atoms with Gasteiger partial charge in [-0.15, -0.1) is 0 Å². The molecule has 1 unspecified atom stereocenters. The maximum absolute atomic E-state index is 14.0. The summed E-state index contributed by atoms with van der Waals surface area (Å²) in [7, 11) is 0. The minimum atomic E-state index is -4.99. The molecular formula is C23H17BrF4N2O2. The second kappa shape index (κ2) is 8.22. The third kappa shape index (κ3) is 4.10. The molecular weight excluding hydrogens is 492 g/mol. The van der Waals surface area contributed by atoms with Gasteiger partial charge in [-0.2, -0.15) is 18.3 Å². The van der Waals surface area contributed by atoms with Gasteiger partial charge in [-0.05, 0) is 72.6 Å². The van der Waals surface area contributed by atoms with Crippen molar-refractivity contribution in [1.82, 2.24) is 9.78 Å². The summed E-state index contributed by atoms with van der Waals surface area (Å²) >= 11 is 3.29. The third-order valence-corrected chi connectivity index (χ3v) is 5.65. The molecule has 4 nitrogen and oxygen atoms in total. The highest BCUT2D eigenvalue weighted by Crippen LogP contribution is 2.41. The van der Waals surface area contributed by atoms with Gasteiger partial charge in [0.15, 0.2) is 0 Å². The summed E-state index contributed by atoms with van der Waals surface area (Å²) in [6.07, 6.45) is -3.60. The van der Waals surface area contributed by atoms with E-state index in [2.05, 4.69) is 21.0 Å². The monoisotopic (exact) mass is 508 g/mol. The van der Waals surface area contributed by atoms with Crippen molar-refractivity contribution >= 4 is 26.8 Å². The highest BCUT2D eigenvalue weighted by atomic mass is 79.9. The van der Waals surface area contributed by atoms with Crippen molar-refractivity contribution in [3.05, 3.63) is 88.3 Å². The fourth-order valence-corrected chi connectivity index (χ4v) is 3.84. The Hall–Kier alpha value is -2.91. The van der Waals surface area contributed by atoms with E-state index in [4.69, 9.17) is 4.74 Å². The Morgan fingerprint density at radius 1 is 1.03 bits per heavy atom. The van der Waals surface area contributed by atoms with Crippen LogP contribution in [-0.2, 0) is 5.60 Å². The van der Waals surface area contributed by atoms with E-state index in [0.717, 1.165) is 4.47 Å². The number of hydrogen-bond donors (Lipinski definition) is 1. The highest BCUT2D eigenvalue weighted by Gasteiger charge is 2.56. The van der Waals surface area contributed by atoms with E-state index in [1.807, 2.05) is 0 Å². The predicted octanol–water partition coefficient (Wildman–Crippen LogP) is 6.06. The summed E-state index contributed by atoms with van der Waals surface area (Å²) in [5.74, 6) is -0.176. The van der Waals surface area contributed by atoms with Crippen LogP contribution in [0, 0.1) is 12.7 Å². The Kier molecular flexibility index (Phi) is 5.72. The predicted molar refractivity (Wildman–Crippen MR) is 115 cm³/mol. The molecule has 0 amide bonds. The van der Waals surface area contributed by atoms with Crippen LogP contribution in [0.1, 0.15) is 11.1 Å². The second-order valence-corrected chi connectivity index (χ2v) is 8.28. The molecule has 0 aliphatic rings.